The van der Waals surface area contributed by atoms with E-state index in [9.17, 15) is 9.59 Å². The van der Waals surface area contributed by atoms with Gasteiger partial charge in [0.05, 0.1) is 0 Å². The Morgan fingerprint density at radius 1 is 1.00 bits per heavy atom. The van der Waals surface area contributed by atoms with Crippen LogP contribution in [-0.4, -0.2) is 18.4 Å². The molecule has 0 heterocycles. The fraction of sp³-hybridized carbons (Fsp3) is 0.263. The Labute approximate surface area is 155 Å². The first-order chi connectivity index (χ1) is 11.8. The molecule has 2 aromatic carbocycles. The molecule has 0 bridgehead atoms. The van der Waals surface area contributed by atoms with Crippen molar-refractivity contribution in [3.63, 3.8) is 0 Å². The van der Waals surface area contributed by atoms with E-state index in [2.05, 4.69) is 26.6 Å². The van der Waals surface area contributed by atoms with Gasteiger partial charge in [0.25, 0.3) is 5.91 Å². The summed E-state index contributed by atoms with van der Waals surface area (Å²) >= 11 is 3.55. The van der Waals surface area contributed by atoms with Gasteiger partial charge in [0.15, 0.2) is 6.61 Å². The quantitative estimate of drug-likeness (QED) is 0.777. The summed E-state index contributed by atoms with van der Waals surface area (Å²) in [6, 6.07) is 8.82. The Bertz CT molecular complexity index is 801. The van der Waals surface area contributed by atoms with E-state index in [4.69, 9.17) is 4.74 Å². The number of rotatable bonds is 5. The summed E-state index contributed by atoms with van der Waals surface area (Å²) in [7, 11) is 0. The lowest BCUT2D eigenvalue weighted by Gasteiger charge is -2.14. The molecule has 2 N–H and O–H groups in total. The molecular formula is C19H21BrN2O3. The number of hydrogen-bond donors (Lipinski definition) is 2. The maximum atomic E-state index is 12.1. The standard InChI is InChI=1S/C19H21BrN2O3/c1-11-9-17(12(2)13(3)19(11)20)25-10-18(24)22-16-7-5-15(6-8-16)21-14(4)23/h5-9H,10H2,1-4H3,(H,21,23)(H,22,24). The second kappa shape index (κ2) is 8.16. The molecule has 0 spiro atoms. The van der Waals surface area contributed by atoms with Crippen molar-refractivity contribution < 1.29 is 14.3 Å². The Balaban J connectivity index is 1.96. The van der Waals surface area contributed by atoms with Gasteiger partial charge in [-0.15, -0.1) is 0 Å². The SMILES string of the molecule is CC(=O)Nc1ccc(NC(=O)COc2cc(C)c(Br)c(C)c2C)cc1. The molecule has 2 aromatic rings. The fourth-order valence-electron chi connectivity index (χ4n) is 2.34. The summed E-state index contributed by atoms with van der Waals surface area (Å²) in [6.45, 7) is 7.33. The van der Waals surface area contributed by atoms with Crippen molar-refractivity contribution in [2.24, 2.45) is 0 Å². The highest BCUT2D eigenvalue weighted by Gasteiger charge is 2.11. The summed E-state index contributed by atoms with van der Waals surface area (Å²) in [5, 5.41) is 5.44. The lowest BCUT2D eigenvalue weighted by molar-refractivity contribution is -0.118. The van der Waals surface area contributed by atoms with Gasteiger partial charge in [0.2, 0.25) is 5.91 Å². The molecule has 5 nitrogen and oxygen atoms in total. The van der Waals surface area contributed by atoms with Crippen molar-refractivity contribution in [2.75, 3.05) is 17.2 Å². The van der Waals surface area contributed by atoms with Crippen molar-refractivity contribution in [1.82, 2.24) is 0 Å². The summed E-state index contributed by atoms with van der Waals surface area (Å²) in [5.41, 5.74) is 4.49. The molecule has 2 amide bonds. The number of hydrogen-bond acceptors (Lipinski definition) is 3. The van der Waals surface area contributed by atoms with E-state index in [1.54, 1.807) is 24.3 Å². The van der Waals surface area contributed by atoms with Crippen molar-refractivity contribution >= 4 is 39.1 Å². The second-order valence-electron chi connectivity index (χ2n) is 5.85. The molecule has 2 rings (SSSR count). The number of aryl methyl sites for hydroxylation is 1. The first-order valence-corrected chi connectivity index (χ1v) is 8.64. The highest BCUT2D eigenvalue weighted by molar-refractivity contribution is 9.10. The van der Waals surface area contributed by atoms with Crippen LogP contribution < -0.4 is 15.4 Å². The van der Waals surface area contributed by atoms with Gasteiger partial charge in [-0.3, -0.25) is 9.59 Å². The number of amides is 2. The molecule has 132 valence electrons. The van der Waals surface area contributed by atoms with Gasteiger partial charge in [-0.2, -0.15) is 0 Å². The molecule has 0 aliphatic carbocycles. The Morgan fingerprint density at radius 3 is 2.12 bits per heavy atom. The fourth-order valence-corrected chi connectivity index (χ4v) is 2.76. The van der Waals surface area contributed by atoms with Crippen LogP contribution in [-0.2, 0) is 9.59 Å². The van der Waals surface area contributed by atoms with Crippen molar-refractivity contribution in [2.45, 2.75) is 27.7 Å². The topological polar surface area (TPSA) is 67.4 Å². The van der Waals surface area contributed by atoms with Gasteiger partial charge < -0.3 is 15.4 Å². The summed E-state index contributed by atoms with van der Waals surface area (Å²) < 4.78 is 6.73. The minimum Gasteiger partial charge on any atom is -0.483 e. The zero-order valence-corrected chi connectivity index (χ0v) is 16.3. The van der Waals surface area contributed by atoms with Crippen LogP contribution in [0, 0.1) is 20.8 Å². The highest BCUT2D eigenvalue weighted by Crippen LogP contribution is 2.31. The summed E-state index contributed by atoms with van der Waals surface area (Å²) in [5.74, 6) is 0.319. The average Bonchev–Trinajstić information content (AvgIpc) is 2.56. The van der Waals surface area contributed by atoms with Gasteiger partial charge in [-0.25, -0.2) is 0 Å². The number of halogens is 1. The average molecular weight is 405 g/mol. The van der Waals surface area contributed by atoms with E-state index in [0.717, 1.165) is 21.2 Å². The van der Waals surface area contributed by atoms with Gasteiger partial charge >= 0.3 is 0 Å². The summed E-state index contributed by atoms with van der Waals surface area (Å²) in [4.78, 5) is 23.1. The maximum Gasteiger partial charge on any atom is 0.262 e. The number of anilines is 2. The van der Waals surface area contributed by atoms with E-state index < -0.39 is 0 Å². The van der Waals surface area contributed by atoms with Crippen LogP contribution in [0.1, 0.15) is 23.6 Å². The molecule has 6 heteroatoms. The number of ether oxygens (including phenoxy) is 1. The highest BCUT2D eigenvalue weighted by atomic mass is 79.9. The minimum absolute atomic E-state index is 0.0746. The monoisotopic (exact) mass is 404 g/mol. The lowest BCUT2D eigenvalue weighted by Crippen LogP contribution is -2.20. The predicted molar refractivity (Wildman–Crippen MR) is 103 cm³/mol. The molecule has 0 atom stereocenters. The van der Waals surface area contributed by atoms with E-state index in [0.29, 0.717) is 17.1 Å². The summed E-state index contributed by atoms with van der Waals surface area (Å²) in [6.07, 6.45) is 0. The van der Waals surface area contributed by atoms with Gasteiger partial charge in [0, 0.05) is 22.8 Å². The zero-order chi connectivity index (χ0) is 18.6. The van der Waals surface area contributed by atoms with Crippen molar-refractivity contribution in [3.8, 4) is 5.75 Å². The molecule has 0 aromatic heterocycles. The molecular weight excluding hydrogens is 384 g/mol. The molecule has 25 heavy (non-hydrogen) atoms. The largest absolute Gasteiger partial charge is 0.483 e. The van der Waals surface area contributed by atoms with Crippen LogP contribution in [0.25, 0.3) is 0 Å². The van der Waals surface area contributed by atoms with E-state index in [-0.39, 0.29) is 18.4 Å². The molecule has 0 aliphatic rings. The lowest BCUT2D eigenvalue weighted by atomic mass is 10.1. The Hall–Kier alpha value is -2.34. The van der Waals surface area contributed by atoms with E-state index in [1.807, 2.05) is 26.8 Å². The van der Waals surface area contributed by atoms with Crippen LogP contribution in [0.15, 0.2) is 34.8 Å². The van der Waals surface area contributed by atoms with Gasteiger partial charge in [-0.05, 0) is 67.8 Å². The normalized spacial score (nSPS) is 10.3. The Morgan fingerprint density at radius 2 is 1.56 bits per heavy atom. The molecule has 0 radical (unpaired) electrons. The molecule has 0 unspecified atom stereocenters. The third-order valence-corrected chi connectivity index (χ3v) is 5.02. The number of benzene rings is 2. The van der Waals surface area contributed by atoms with Crippen LogP contribution in [0.2, 0.25) is 0 Å². The first kappa shape index (κ1) is 19.0. The van der Waals surface area contributed by atoms with Crippen LogP contribution in [0.5, 0.6) is 5.75 Å². The molecule has 0 aliphatic heterocycles. The minimum atomic E-state index is -0.245. The Kier molecular flexibility index (Phi) is 6.20. The molecule has 0 saturated heterocycles. The van der Waals surface area contributed by atoms with Crippen molar-refractivity contribution in [1.29, 1.82) is 0 Å². The zero-order valence-electron chi connectivity index (χ0n) is 14.7. The van der Waals surface area contributed by atoms with E-state index >= 15 is 0 Å². The van der Waals surface area contributed by atoms with Gasteiger partial charge in [-0.1, -0.05) is 15.9 Å². The number of carbonyl (C=O) groups excluding carboxylic acids is 2. The van der Waals surface area contributed by atoms with Crippen LogP contribution in [0.3, 0.4) is 0 Å². The third kappa shape index (κ3) is 5.06. The predicted octanol–water partition coefficient (Wildman–Crippen LogP) is 4.35. The third-order valence-electron chi connectivity index (χ3n) is 3.80. The van der Waals surface area contributed by atoms with Crippen LogP contribution in [0.4, 0.5) is 11.4 Å². The molecule has 0 fully saturated rings. The van der Waals surface area contributed by atoms with Crippen molar-refractivity contribution in [3.05, 3.63) is 51.5 Å². The number of carbonyl (C=O) groups is 2. The van der Waals surface area contributed by atoms with Crippen LogP contribution >= 0.6 is 15.9 Å². The second-order valence-corrected chi connectivity index (χ2v) is 6.64. The number of nitrogens with one attached hydrogen (secondary N) is 2. The van der Waals surface area contributed by atoms with Gasteiger partial charge in [0.1, 0.15) is 5.75 Å². The smallest absolute Gasteiger partial charge is 0.262 e. The first-order valence-electron chi connectivity index (χ1n) is 7.84. The van der Waals surface area contributed by atoms with E-state index in [1.165, 1.54) is 6.92 Å². The molecule has 0 saturated carbocycles. The maximum absolute atomic E-state index is 12.1.